The molecule has 0 aliphatic carbocycles. The van der Waals surface area contributed by atoms with Gasteiger partial charge in [0.05, 0.1) is 0 Å². The highest BCUT2D eigenvalue weighted by molar-refractivity contribution is 5.79. The number of carbonyl (C=O) groups excluding carboxylic acids is 1. The van der Waals surface area contributed by atoms with E-state index in [1.807, 2.05) is 46.8 Å². The van der Waals surface area contributed by atoms with Crippen molar-refractivity contribution < 1.29 is 4.79 Å². The van der Waals surface area contributed by atoms with E-state index in [2.05, 4.69) is 19.2 Å². The van der Waals surface area contributed by atoms with Crippen LogP contribution in [0.25, 0.3) is 0 Å². The van der Waals surface area contributed by atoms with Crippen molar-refractivity contribution in [2.75, 3.05) is 0 Å². The zero-order valence-corrected chi connectivity index (χ0v) is 11.8. The molecule has 0 aliphatic heterocycles. The van der Waals surface area contributed by atoms with Crippen LogP contribution >= 0.6 is 0 Å². The predicted molar refractivity (Wildman–Crippen MR) is 72.1 cm³/mol. The monoisotopic (exact) mass is 225 g/mol. The first-order valence-electron chi connectivity index (χ1n) is 6.12. The van der Waals surface area contributed by atoms with Crippen LogP contribution in [0.2, 0.25) is 0 Å². The molecule has 0 unspecified atom stereocenters. The maximum Gasteiger partial charge on any atom is 0.226 e. The van der Waals surface area contributed by atoms with Gasteiger partial charge < -0.3 is 5.32 Å². The fourth-order valence-electron chi connectivity index (χ4n) is 0.765. The summed E-state index contributed by atoms with van der Waals surface area (Å²) in [5.74, 6) is 0.107. The van der Waals surface area contributed by atoms with Gasteiger partial charge in [-0.05, 0) is 26.3 Å². The Morgan fingerprint density at radius 1 is 1.19 bits per heavy atom. The lowest BCUT2D eigenvalue weighted by Gasteiger charge is -2.06. The summed E-state index contributed by atoms with van der Waals surface area (Å²) >= 11 is 0. The molecule has 0 radical (unpaired) electrons. The molecule has 1 amide bonds. The molecule has 0 rings (SSSR count). The zero-order chi connectivity index (χ0) is 13.1. The van der Waals surface area contributed by atoms with Gasteiger partial charge >= 0.3 is 0 Å². The summed E-state index contributed by atoms with van der Waals surface area (Å²) in [7, 11) is 0. The summed E-state index contributed by atoms with van der Waals surface area (Å²) < 4.78 is 0. The summed E-state index contributed by atoms with van der Waals surface area (Å²) in [6, 6.07) is 0. The van der Waals surface area contributed by atoms with Gasteiger partial charge in [-0.1, -0.05) is 46.3 Å². The van der Waals surface area contributed by atoms with Crippen molar-refractivity contribution >= 4 is 5.91 Å². The summed E-state index contributed by atoms with van der Waals surface area (Å²) in [5, 5.41) is 2.84. The number of carbonyl (C=O) groups is 1. The Morgan fingerprint density at radius 2 is 1.69 bits per heavy atom. The molecule has 94 valence electrons. The molecular weight excluding hydrogens is 198 g/mol. The van der Waals surface area contributed by atoms with Gasteiger partial charge in [0.25, 0.3) is 0 Å². The number of hydrogen-bond acceptors (Lipinski definition) is 1. The third kappa shape index (κ3) is 9.50. The lowest BCUT2D eigenvalue weighted by atomic mass is 10.2. The van der Waals surface area contributed by atoms with Crippen LogP contribution in [0.4, 0.5) is 0 Å². The number of allylic oxidation sites excluding steroid dienone is 4. The molecule has 0 spiro atoms. The molecule has 2 heteroatoms. The molecule has 16 heavy (non-hydrogen) atoms. The number of hydrogen-bond donors (Lipinski definition) is 1. The minimum atomic E-state index is 0.0367. The van der Waals surface area contributed by atoms with Gasteiger partial charge in [-0.15, -0.1) is 0 Å². The fraction of sp³-hybridized carbons (Fsp3) is 0.643. The van der Waals surface area contributed by atoms with Gasteiger partial charge in [0, 0.05) is 11.6 Å². The van der Waals surface area contributed by atoms with Crippen molar-refractivity contribution in [2.24, 2.45) is 5.92 Å². The quantitative estimate of drug-likeness (QED) is 0.719. The van der Waals surface area contributed by atoms with E-state index < -0.39 is 0 Å². The Labute approximate surface area is 101 Å². The van der Waals surface area contributed by atoms with Gasteiger partial charge in [0.2, 0.25) is 5.91 Å². The minimum Gasteiger partial charge on any atom is -0.330 e. The molecule has 1 N–H and O–H groups in total. The summed E-state index contributed by atoms with van der Waals surface area (Å²) in [6.07, 6.45) is 5.02. The molecule has 0 aromatic carbocycles. The Hall–Kier alpha value is -1.05. The van der Waals surface area contributed by atoms with E-state index in [4.69, 9.17) is 0 Å². The molecule has 0 bridgehead atoms. The second-order valence-corrected chi connectivity index (χ2v) is 3.86. The summed E-state index contributed by atoms with van der Waals surface area (Å²) in [6.45, 7) is 13.9. The maximum atomic E-state index is 11.3. The molecule has 0 aromatic heterocycles. The Balaban J connectivity index is 0. The average Bonchev–Trinajstić information content (AvgIpc) is 2.28. The standard InChI is InChI=1S/C12H21NO.C2H6/c1-6-10(4)7-8-11(5)13-12(14)9(2)3;1-2/h7-9H,6H2,1-5H3,(H,13,14);1-2H3/b10-7-,11-8+;. The van der Waals surface area contributed by atoms with Gasteiger partial charge in [-0.25, -0.2) is 0 Å². The second-order valence-electron chi connectivity index (χ2n) is 3.86. The summed E-state index contributed by atoms with van der Waals surface area (Å²) in [5.41, 5.74) is 2.21. The minimum absolute atomic E-state index is 0.0367. The molecule has 0 atom stereocenters. The smallest absolute Gasteiger partial charge is 0.226 e. The van der Waals surface area contributed by atoms with Crippen LogP contribution in [0.3, 0.4) is 0 Å². The summed E-state index contributed by atoms with van der Waals surface area (Å²) in [4.78, 5) is 11.3. The third-order valence-electron chi connectivity index (χ3n) is 2.02. The highest BCUT2D eigenvalue weighted by Crippen LogP contribution is 2.00. The molecule has 0 saturated carbocycles. The molecular formula is C14H27NO. The van der Waals surface area contributed by atoms with E-state index in [1.165, 1.54) is 5.57 Å². The van der Waals surface area contributed by atoms with Crippen LogP contribution < -0.4 is 5.32 Å². The number of amides is 1. The van der Waals surface area contributed by atoms with Crippen molar-refractivity contribution in [1.82, 2.24) is 5.32 Å². The largest absolute Gasteiger partial charge is 0.330 e. The molecule has 2 nitrogen and oxygen atoms in total. The van der Waals surface area contributed by atoms with Gasteiger partial charge in [-0.3, -0.25) is 4.79 Å². The van der Waals surface area contributed by atoms with Gasteiger partial charge in [0.15, 0.2) is 0 Å². The van der Waals surface area contributed by atoms with E-state index >= 15 is 0 Å². The molecule has 0 aliphatic rings. The number of rotatable bonds is 4. The highest BCUT2D eigenvalue weighted by atomic mass is 16.1. The van der Waals surface area contributed by atoms with Crippen LogP contribution in [0.1, 0.15) is 54.9 Å². The predicted octanol–water partition coefficient (Wildman–Crippen LogP) is 4.04. The highest BCUT2D eigenvalue weighted by Gasteiger charge is 2.05. The van der Waals surface area contributed by atoms with Crippen molar-refractivity contribution in [3.05, 3.63) is 23.4 Å². The van der Waals surface area contributed by atoms with Crippen molar-refractivity contribution in [2.45, 2.75) is 54.9 Å². The van der Waals surface area contributed by atoms with Crippen LogP contribution in [0.15, 0.2) is 23.4 Å². The average molecular weight is 225 g/mol. The lowest BCUT2D eigenvalue weighted by Crippen LogP contribution is -2.25. The third-order valence-corrected chi connectivity index (χ3v) is 2.02. The molecule has 0 saturated heterocycles. The van der Waals surface area contributed by atoms with Crippen molar-refractivity contribution in [3.8, 4) is 0 Å². The van der Waals surface area contributed by atoms with Crippen LogP contribution in [-0.2, 0) is 4.79 Å². The van der Waals surface area contributed by atoms with Crippen LogP contribution in [0, 0.1) is 5.92 Å². The normalized spacial score (nSPS) is 12.0. The first-order chi connectivity index (χ1) is 7.47. The van der Waals surface area contributed by atoms with Gasteiger partial charge in [-0.2, -0.15) is 0 Å². The lowest BCUT2D eigenvalue weighted by molar-refractivity contribution is -0.123. The Bertz CT molecular complexity index is 249. The SMILES string of the molecule is CC.CC/C(C)=C\C=C(/C)NC(=O)C(C)C. The first-order valence-corrected chi connectivity index (χ1v) is 6.12. The van der Waals surface area contributed by atoms with E-state index in [1.54, 1.807) is 0 Å². The van der Waals surface area contributed by atoms with Gasteiger partial charge in [0.1, 0.15) is 0 Å². The van der Waals surface area contributed by atoms with Crippen LogP contribution in [0.5, 0.6) is 0 Å². The molecule has 0 fully saturated rings. The number of nitrogens with one attached hydrogen (secondary N) is 1. The van der Waals surface area contributed by atoms with E-state index in [-0.39, 0.29) is 11.8 Å². The first kappa shape index (κ1) is 17.3. The zero-order valence-electron chi connectivity index (χ0n) is 11.8. The second kappa shape index (κ2) is 10.5. The van der Waals surface area contributed by atoms with Crippen LogP contribution in [-0.4, -0.2) is 5.91 Å². The van der Waals surface area contributed by atoms with Crippen molar-refractivity contribution in [3.63, 3.8) is 0 Å². The maximum absolute atomic E-state index is 11.3. The topological polar surface area (TPSA) is 29.1 Å². The molecule has 0 aromatic rings. The van der Waals surface area contributed by atoms with E-state index in [0.29, 0.717) is 0 Å². The van der Waals surface area contributed by atoms with E-state index in [9.17, 15) is 4.79 Å². The molecule has 0 heterocycles. The van der Waals surface area contributed by atoms with E-state index in [0.717, 1.165) is 12.1 Å². The fourth-order valence-corrected chi connectivity index (χ4v) is 0.765. The Morgan fingerprint density at radius 3 is 2.06 bits per heavy atom. The van der Waals surface area contributed by atoms with Crippen molar-refractivity contribution in [1.29, 1.82) is 0 Å². The Kier molecular flexibility index (Phi) is 11.3.